The average molecular weight is 338 g/mol. The maximum atomic E-state index is 5.35. The molecule has 0 radical (unpaired) electrons. The van der Waals surface area contributed by atoms with Crippen LogP contribution in [0.1, 0.15) is 18.9 Å². The zero-order valence-corrected chi connectivity index (χ0v) is 13.3. The molecule has 2 rings (SSSR count). The van der Waals surface area contributed by atoms with Crippen LogP contribution in [-0.4, -0.2) is 22.8 Å². The number of aromatic nitrogens is 2. The first-order chi connectivity index (χ1) is 9.79. The molecule has 0 atom stereocenters. The minimum absolute atomic E-state index is 0.774. The van der Waals surface area contributed by atoms with E-state index in [-0.39, 0.29) is 0 Å². The normalized spacial score (nSPS) is 10.7. The van der Waals surface area contributed by atoms with Gasteiger partial charge in [0.1, 0.15) is 0 Å². The smallest absolute Gasteiger partial charge is 0.203 e. The summed E-state index contributed by atoms with van der Waals surface area (Å²) in [4.78, 5) is 4.35. The van der Waals surface area contributed by atoms with Gasteiger partial charge in [0.25, 0.3) is 0 Å². The van der Waals surface area contributed by atoms with Crippen LogP contribution < -0.4 is 5.32 Å². The summed E-state index contributed by atoms with van der Waals surface area (Å²) in [5.41, 5.74) is 1.23. The number of ether oxygens (including phenoxy) is 1. The largest absolute Gasteiger partial charge is 0.382 e. The molecule has 1 heterocycles. The van der Waals surface area contributed by atoms with E-state index in [1.165, 1.54) is 5.56 Å². The minimum Gasteiger partial charge on any atom is -0.382 e. The van der Waals surface area contributed by atoms with Crippen molar-refractivity contribution in [3.8, 4) is 0 Å². The Balaban J connectivity index is 1.83. The molecule has 20 heavy (non-hydrogen) atoms. The lowest BCUT2D eigenvalue weighted by Crippen LogP contribution is -2.08. The Hall–Kier alpha value is -1.33. The Kier molecular flexibility index (Phi) is 6.08. The molecule has 0 saturated heterocycles. The summed E-state index contributed by atoms with van der Waals surface area (Å²) in [6, 6.07) is 8.29. The molecule has 5 heteroatoms. The minimum atomic E-state index is 0.774. The zero-order chi connectivity index (χ0) is 14.2. The van der Waals surface area contributed by atoms with Gasteiger partial charge in [-0.3, -0.25) is 0 Å². The van der Waals surface area contributed by atoms with Gasteiger partial charge in [-0.05, 0) is 31.0 Å². The number of nitrogens with zero attached hydrogens (tertiary/aromatic N) is 2. The quantitative estimate of drug-likeness (QED) is 0.746. The van der Waals surface area contributed by atoms with Gasteiger partial charge in [0, 0.05) is 43.2 Å². The van der Waals surface area contributed by atoms with Crippen molar-refractivity contribution in [3.63, 3.8) is 0 Å². The van der Waals surface area contributed by atoms with Gasteiger partial charge in [0.15, 0.2) is 0 Å². The number of hydrogen-bond donors (Lipinski definition) is 1. The van der Waals surface area contributed by atoms with E-state index in [9.17, 15) is 0 Å². The van der Waals surface area contributed by atoms with Crippen molar-refractivity contribution in [3.05, 3.63) is 46.7 Å². The fourth-order valence-corrected chi connectivity index (χ4v) is 2.19. The van der Waals surface area contributed by atoms with Gasteiger partial charge >= 0.3 is 0 Å². The van der Waals surface area contributed by atoms with Crippen LogP contribution in [0, 0.1) is 0 Å². The first-order valence-electron chi connectivity index (χ1n) is 6.87. The van der Waals surface area contributed by atoms with Gasteiger partial charge in [0.05, 0.1) is 0 Å². The molecule has 1 aromatic carbocycles. The predicted octanol–water partition coefficient (Wildman–Crippen LogP) is 3.68. The second kappa shape index (κ2) is 8.07. The molecule has 0 aliphatic carbocycles. The number of halogens is 1. The molecule has 2 aromatic rings. The highest BCUT2D eigenvalue weighted by atomic mass is 79.9. The van der Waals surface area contributed by atoms with Crippen LogP contribution >= 0.6 is 15.9 Å². The maximum Gasteiger partial charge on any atom is 0.203 e. The lowest BCUT2D eigenvalue weighted by molar-refractivity contribution is 0.142. The summed E-state index contributed by atoms with van der Waals surface area (Å²) in [5.74, 6) is 0.907. The van der Waals surface area contributed by atoms with Crippen LogP contribution in [-0.2, 0) is 17.8 Å². The molecule has 0 aliphatic heterocycles. The molecule has 0 bridgehead atoms. The first kappa shape index (κ1) is 15.1. The SMILES string of the molecule is CCOCCCn1ccnc1NCc1ccc(Br)cc1. The molecule has 0 spiro atoms. The van der Waals surface area contributed by atoms with Crippen molar-refractivity contribution >= 4 is 21.9 Å². The van der Waals surface area contributed by atoms with Crippen molar-refractivity contribution in [2.45, 2.75) is 26.4 Å². The second-order valence-electron chi connectivity index (χ2n) is 4.47. The molecule has 1 aromatic heterocycles. The van der Waals surface area contributed by atoms with E-state index in [1.54, 1.807) is 0 Å². The molecule has 4 nitrogen and oxygen atoms in total. The average Bonchev–Trinajstić information content (AvgIpc) is 2.90. The molecule has 1 N–H and O–H groups in total. The van der Waals surface area contributed by atoms with Crippen molar-refractivity contribution in [2.24, 2.45) is 0 Å². The summed E-state index contributed by atoms with van der Waals surface area (Å²) in [7, 11) is 0. The summed E-state index contributed by atoms with van der Waals surface area (Å²) >= 11 is 3.44. The topological polar surface area (TPSA) is 39.1 Å². The van der Waals surface area contributed by atoms with Crippen LogP contribution in [0.3, 0.4) is 0 Å². The van der Waals surface area contributed by atoms with Crippen molar-refractivity contribution in [1.29, 1.82) is 0 Å². The van der Waals surface area contributed by atoms with E-state index in [1.807, 2.05) is 31.5 Å². The van der Waals surface area contributed by atoms with Crippen molar-refractivity contribution in [2.75, 3.05) is 18.5 Å². The summed E-state index contributed by atoms with van der Waals surface area (Å²) in [5, 5.41) is 3.37. The van der Waals surface area contributed by atoms with Gasteiger partial charge in [-0.15, -0.1) is 0 Å². The Morgan fingerprint density at radius 3 is 2.85 bits per heavy atom. The van der Waals surface area contributed by atoms with E-state index in [0.29, 0.717) is 0 Å². The summed E-state index contributed by atoms with van der Waals surface area (Å²) in [6.45, 7) is 5.28. The van der Waals surface area contributed by atoms with E-state index in [4.69, 9.17) is 4.74 Å². The number of benzene rings is 1. The number of nitrogens with one attached hydrogen (secondary N) is 1. The van der Waals surface area contributed by atoms with Gasteiger partial charge in [-0.25, -0.2) is 4.98 Å². The number of aryl methyl sites for hydroxylation is 1. The lowest BCUT2D eigenvalue weighted by Gasteiger charge is -2.10. The second-order valence-corrected chi connectivity index (χ2v) is 5.39. The summed E-state index contributed by atoms with van der Waals surface area (Å²) in [6.07, 6.45) is 4.82. The van der Waals surface area contributed by atoms with E-state index in [0.717, 1.165) is 43.1 Å². The molecule has 0 unspecified atom stereocenters. The molecular formula is C15H20BrN3O. The molecule has 0 fully saturated rings. The van der Waals surface area contributed by atoms with Crippen molar-refractivity contribution in [1.82, 2.24) is 9.55 Å². The predicted molar refractivity (Wildman–Crippen MR) is 84.8 cm³/mol. The Labute approximate surface area is 128 Å². The van der Waals surface area contributed by atoms with Crippen LogP contribution in [0.5, 0.6) is 0 Å². The van der Waals surface area contributed by atoms with Gasteiger partial charge in [0.2, 0.25) is 5.95 Å². The summed E-state index contributed by atoms with van der Waals surface area (Å²) < 4.78 is 8.57. The molecule has 0 aliphatic rings. The third-order valence-corrected chi connectivity index (χ3v) is 3.50. The fraction of sp³-hybridized carbons (Fsp3) is 0.400. The highest BCUT2D eigenvalue weighted by molar-refractivity contribution is 9.10. The molecule has 0 amide bonds. The van der Waals surface area contributed by atoms with Gasteiger partial charge < -0.3 is 14.6 Å². The Morgan fingerprint density at radius 2 is 2.10 bits per heavy atom. The molecule has 0 saturated carbocycles. The van der Waals surface area contributed by atoms with E-state index < -0.39 is 0 Å². The molecule has 108 valence electrons. The third kappa shape index (κ3) is 4.65. The number of rotatable bonds is 8. The third-order valence-electron chi connectivity index (χ3n) is 2.97. The van der Waals surface area contributed by atoms with Crippen LogP contribution in [0.25, 0.3) is 0 Å². The van der Waals surface area contributed by atoms with Crippen LogP contribution in [0.4, 0.5) is 5.95 Å². The van der Waals surface area contributed by atoms with Gasteiger partial charge in [-0.2, -0.15) is 0 Å². The first-order valence-corrected chi connectivity index (χ1v) is 7.66. The maximum absolute atomic E-state index is 5.35. The number of hydrogen-bond acceptors (Lipinski definition) is 3. The van der Waals surface area contributed by atoms with E-state index in [2.05, 4.69) is 42.9 Å². The van der Waals surface area contributed by atoms with E-state index >= 15 is 0 Å². The lowest BCUT2D eigenvalue weighted by atomic mass is 10.2. The fourth-order valence-electron chi connectivity index (χ4n) is 1.92. The zero-order valence-electron chi connectivity index (χ0n) is 11.7. The Bertz CT molecular complexity index is 510. The van der Waals surface area contributed by atoms with Crippen LogP contribution in [0.15, 0.2) is 41.1 Å². The Morgan fingerprint density at radius 1 is 1.30 bits per heavy atom. The monoisotopic (exact) mass is 337 g/mol. The standard InChI is InChI=1S/C15H20BrN3O/c1-2-20-11-3-9-19-10-8-17-15(19)18-12-13-4-6-14(16)7-5-13/h4-8,10H,2-3,9,11-12H2,1H3,(H,17,18). The van der Waals surface area contributed by atoms with Crippen LogP contribution in [0.2, 0.25) is 0 Å². The highest BCUT2D eigenvalue weighted by Gasteiger charge is 2.02. The number of imidazole rings is 1. The number of anilines is 1. The van der Waals surface area contributed by atoms with Gasteiger partial charge in [-0.1, -0.05) is 28.1 Å². The van der Waals surface area contributed by atoms with Crippen molar-refractivity contribution < 1.29 is 4.74 Å². The highest BCUT2D eigenvalue weighted by Crippen LogP contribution is 2.12. The molecular weight excluding hydrogens is 318 g/mol.